The Balaban J connectivity index is 2.77. The fourth-order valence-corrected chi connectivity index (χ4v) is 1.31. The average molecular weight is 191 g/mol. The molecule has 0 fully saturated rings. The van der Waals surface area contributed by atoms with E-state index in [-0.39, 0.29) is 11.0 Å². The predicted octanol–water partition coefficient (Wildman–Crippen LogP) is 1.32. The van der Waals surface area contributed by atoms with Crippen LogP contribution in [0.2, 0.25) is 0 Å². The first-order valence-corrected chi connectivity index (χ1v) is 4.56. The van der Waals surface area contributed by atoms with Gasteiger partial charge >= 0.3 is 0 Å². The minimum absolute atomic E-state index is 0.0649. The van der Waals surface area contributed by atoms with Crippen LogP contribution < -0.4 is 5.56 Å². The number of fused-ring (bicyclic) bond motifs is 1. The zero-order valence-corrected chi connectivity index (χ0v) is 8.53. The molecule has 2 aromatic heterocycles. The summed E-state index contributed by atoms with van der Waals surface area (Å²) in [7, 11) is 0. The molecule has 0 aliphatic rings. The summed E-state index contributed by atoms with van der Waals surface area (Å²) in [5.74, 6) is 0. The van der Waals surface area contributed by atoms with Gasteiger partial charge in [-0.25, -0.2) is 9.50 Å². The number of aromatic amines is 1. The summed E-state index contributed by atoms with van der Waals surface area (Å²) < 4.78 is 1.43. The molecule has 4 heteroatoms. The lowest BCUT2D eigenvalue weighted by molar-refractivity contribution is 0.566. The van der Waals surface area contributed by atoms with E-state index in [9.17, 15) is 4.79 Å². The lowest BCUT2D eigenvalue weighted by atomic mass is 9.92. The SMILES string of the molecule is CC(C)(C)c1cc(=O)n2[nH]ccc2n1. The van der Waals surface area contributed by atoms with Gasteiger partial charge in [-0.2, -0.15) is 0 Å². The van der Waals surface area contributed by atoms with Crippen molar-refractivity contribution in [2.24, 2.45) is 0 Å². The maximum absolute atomic E-state index is 11.6. The highest BCUT2D eigenvalue weighted by molar-refractivity contribution is 5.37. The molecule has 0 radical (unpaired) electrons. The lowest BCUT2D eigenvalue weighted by Gasteiger charge is -2.16. The number of hydrogen-bond acceptors (Lipinski definition) is 2. The maximum Gasteiger partial charge on any atom is 0.272 e. The molecule has 2 rings (SSSR count). The molecule has 0 aliphatic carbocycles. The third-order valence-electron chi connectivity index (χ3n) is 2.15. The van der Waals surface area contributed by atoms with Crippen LogP contribution in [0.15, 0.2) is 23.1 Å². The fourth-order valence-electron chi connectivity index (χ4n) is 1.31. The fraction of sp³-hybridized carbons (Fsp3) is 0.400. The van der Waals surface area contributed by atoms with Crippen LogP contribution in [0.1, 0.15) is 26.5 Å². The smallest absolute Gasteiger partial charge is 0.272 e. The van der Waals surface area contributed by atoms with E-state index < -0.39 is 0 Å². The summed E-state index contributed by atoms with van der Waals surface area (Å²) >= 11 is 0. The van der Waals surface area contributed by atoms with Crippen LogP contribution in [-0.4, -0.2) is 14.6 Å². The molecule has 4 nitrogen and oxygen atoms in total. The molecule has 0 spiro atoms. The van der Waals surface area contributed by atoms with Gasteiger partial charge < -0.3 is 0 Å². The second-order valence-electron chi connectivity index (χ2n) is 4.39. The van der Waals surface area contributed by atoms with E-state index in [4.69, 9.17) is 0 Å². The van der Waals surface area contributed by atoms with E-state index >= 15 is 0 Å². The van der Waals surface area contributed by atoms with Gasteiger partial charge in [-0.3, -0.25) is 9.89 Å². The molecule has 14 heavy (non-hydrogen) atoms. The highest BCUT2D eigenvalue weighted by Crippen LogP contribution is 2.18. The Labute approximate surface area is 81.6 Å². The van der Waals surface area contributed by atoms with Crippen LogP contribution in [0.25, 0.3) is 5.65 Å². The molecule has 0 saturated carbocycles. The Hall–Kier alpha value is -1.58. The van der Waals surface area contributed by atoms with E-state index in [0.717, 1.165) is 5.69 Å². The Morgan fingerprint density at radius 2 is 2.14 bits per heavy atom. The summed E-state index contributed by atoms with van der Waals surface area (Å²) in [6.07, 6.45) is 1.70. The minimum Gasteiger partial charge on any atom is -0.297 e. The van der Waals surface area contributed by atoms with Crippen LogP contribution in [0.4, 0.5) is 0 Å². The normalized spacial score (nSPS) is 12.2. The van der Waals surface area contributed by atoms with E-state index in [0.29, 0.717) is 5.65 Å². The van der Waals surface area contributed by atoms with Gasteiger partial charge in [0, 0.05) is 23.7 Å². The molecular weight excluding hydrogens is 178 g/mol. The second kappa shape index (κ2) is 2.70. The minimum atomic E-state index is -0.0921. The molecule has 0 saturated heterocycles. The Bertz CT molecular complexity index is 516. The van der Waals surface area contributed by atoms with Gasteiger partial charge in [0.15, 0.2) is 5.65 Å². The zero-order valence-electron chi connectivity index (χ0n) is 8.53. The number of hydrogen-bond donors (Lipinski definition) is 1. The van der Waals surface area contributed by atoms with Gasteiger partial charge in [0.25, 0.3) is 5.56 Å². The first kappa shape index (κ1) is 8.99. The van der Waals surface area contributed by atoms with Crippen molar-refractivity contribution in [1.29, 1.82) is 0 Å². The first-order valence-electron chi connectivity index (χ1n) is 4.56. The van der Waals surface area contributed by atoms with Crippen LogP contribution in [0.5, 0.6) is 0 Å². The van der Waals surface area contributed by atoms with Crippen molar-refractivity contribution in [1.82, 2.24) is 14.6 Å². The lowest BCUT2D eigenvalue weighted by Crippen LogP contribution is -2.21. The van der Waals surface area contributed by atoms with Crippen LogP contribution in [0, 0.1) is 0 Å². The van der Waals surface area contributed by atoms with Crippen molar-refractivity contribution < 1.29 is 0 Å². The third-order valence-corrected chi connectivity index (χ3v) is 2.15. The van der Waals surface area contributed by atoms with Gasteiger partial charge in [-0.05, 0) is 0 Å². The van der Waals surface area contributed by atoms with E-state index in [2.05, 4.69) is 10.1 Å². The monoisotopic (exact) mass is 191 g/mol. The van der Waals surface area contributed by atoms with E-state index in [1.54, 1.807) is 18.3 Å². The first-order chi connectivity index (χ1) is 6.48. The van der Waals surface area contributed by atoms with Gasteiger partial charge in [-0.1, -0.05) is 20.8 Å². The number of nitrogens with zero attached hydrogens (tertiary/aromatic N) is 2. The number of aromatic nitrogens is 3. The molecule has 0 amide bonds. The molecule has 0 bridgehead atoms. The van der Waals surface area contributed by atoms with Gasteiger partial charge in [0.2, 0.25) is 0 Å². The largest absolute Gasteiger partial charge is 0.297 e. The Morgan fingerprint density at radius 1 is 1.43 bits per heavy atom. The van der Waals surface area contributed by atoms with Crippen molar-refractivity contribution in [3.63, 3.8) is 0 Å². The number of H-pyrrole nitrogens is 1. The average Bonchev–Trinajstić information content (AvgIpc) is 2.50. The molecule has 2 aromatic rings. The van der Waals surface area contributed by atoms with E-state index in [1.807, 2.05) is 20.8 Å². The summed E-state index contributed by atoms with van der Waals surface area (Å²) in [6.45, 7) is 6.12. The van der Waals surface area contributed by atoms with Gasteiger partial charge in [-0.15, -0.1) is 0 Å². The molecule has 2 heterocycles. The van der Waals surface area contributed by atoms with Crippen molar-refractivity contribution in [2.75, 3.05) is 0 Å². The molecule has 74 valence electrons. The zero-order chi connectivity index (χ0) is 10.3. The van der Waals surface area contributed by atoms with Crippen LogP contribution >= 0.6 is 0 Å². The molecule has 0 atom stereocenters. The second-order valence-corrected chi connectivity index (χ2v) is 4.39. The quantitative estimate of drug-likeness (QED) is 0.682. The van der Waals surface area contributed by atoms with Gasteiger partial charge in [0.05, 0.1) is 5.69 Å². The van der Waals surface area contributed by atoms with Crippen molar-refractivity contribution in [3.05, 3.63) is 34.4 Å². The number of rotatable bonds is 0. The summed E-state index contributed by atoms with van der Waals surface area (Å²) in [6, 6.07) is 3.36. The topological polar surface area (TPSA) is 50.2 Å². The van der Waals surface area contributed by atoms with Crippen LogP contribution in [-0.2, 0) is 5.41 Å². The summed E-state index contributed by atoms with van der Waals surface area (Å²) in [5.41, 5.74) is 1.33. The van der Waals surface area contributed by atoms with Crippen molar-refractivity contribution in [2.45, 2.75) is 26.2 Å². The highest BCUT2D eigenvalue weighted by Gasteiger charge is 2.17. The maximum atomic E-state index is 11.6. The van der Waals surface area contributed by atoms with Crippen molar-refractivity contribution in [3.8, 4) is 0 Å². The molecule has 0 aliphatic heterocycles. The summed E-state index contributed by atoms with van der Waals surface area (Å²) in [4.78, 5) is 16.0. The predicted molar refractivity (Wildman–Crippen MR) is 54.5 cm³/mol. The van der Waals surface area contributed by atoms with Crippen LogP contribution in [0.3, 0.4) is 0 Å². The van der Waals surface area contributed by atoms with Crippen molar-refractivity contribution >= 4 is 5.65 Å². The molecular formula is C10H13N3O. The Kier molecular flexibility index (Phi) is 1.74. The molecule has 0 unspecified atom stereocenters. The number of nitrogens with one attached hydrogen (secondary N) is 1. The summed E-state index contributed by atoms with van der Waals surface area (Å²) in [5, 5.41) is 2.81. The highest BCUT2D eigenvalue weighted by atomic mass is 16.1. The standard InChI is InChI=1S/C10H13N3O/c1-10(2,3)7-6-9(14)13-8(12-7)4-5-11-13/h4-6,11H,1-3H3. The van der Waals surface area contributed by atoms with E-state index in [1.165, 1.54) is 4.52 Å². The third kappa shape index (κ3) is 1.32. The van der Waals surface area contributed by atoms with Gasteiger partial charge in [0.1, 0.15) is 0 Å². The molecule has 0 aromatic carbocycles. The Morgan fingerprint density at radius 3 is 2.79 bits per heavy atom. The molecule has 1 N–H and O–H groups in total.